The first-order valence-corrected chi connectivity index (χ1v) is 7.15. The summed E-state index contributed by atoms with van der Waals surface area (Å²) in [5, 5.41) is 11.7. The predicted octanol–water partition coefficient (Wildman–Crippen LogP) is 3.92. The van der Waals surface area contributed by atoms with Gasteiger partial charge < -0.3 is 11.1 Å². The van der Waals surface area contributed by atoms with Gasteiger partial charge >= 0.3 is 0 Å². The van der Waals surface area contributed by atoms with Crippen LogP contribution in [0.2, 0.25) is 0 Å². The summed E-state index contributed by atoms with van der Waals surface area (Å²) in [6.07, 6.45) is 0. The molecule has 0 heterocycles. The number of amides is 1. The molecule has 0 aliphatic heterocycles. The van der Waals surface area contributed by atoms with Gasteiger partial charge in [0, 0.05) is 20.2 Å². The lowest BCUT2D eigenvalue weighted by atomic mass is 10.1. The first kappa shape index (κ1) is 14.6. The van der Waals surface area contributed by atoms with Gasteiger partial charge in [0.2, 0.25) is 0 Å². The highest BCUT2D eigenvalue weighted by molar-refractivity contribution is 9.11. The summed E-state index contributed by atoms with van der Waals surface area (Å²) < 4.78 is 1.57. The van der Waals surface area contributed by atoms with Gasteiger partial charge in [-0.15, -0.1) is 0 Å². The number of rotatable bonds is 2. The fourth-order valence-corrected chi connectivity index (χ4v) is 2.94. The van der Waals surface area contributed by atoms with Crippen LogP contribution in [0.1, 0.15) is 15.9 Å². The van der Waals surface area contributed by atoms with Crippen molar-refractivity contribution >= 4 is 49.1 Å². The molecule has 0 bridgehead atoms. The highest BCUT2D eigenvalue weighted by atomic mass is 79.9. The molecular formula is C14H9Br2N3O. The van der Waals surface area contributed by atoms with Gasteiger partial charge in [-0.3, -0.25) is 4.79 Å². The second-order valence-electron chi connectivity index (χ2n) is 4.03. The highest BCUT2D eigenvalue weighted by Gasteiger charge is 2.10. The van der Waals surface area contributed by atoms with Gasteiger partial charge in [0.05, 0.1) is 11.3 Å². The van der Waals surface area contributed by atoms with Crippen LogP contribution in [0.15, 0.2) is 45.3 Å². The van der Waals surface area contributed by atoms with E-state index in [9.17, 15) is 4.79 Å². The number of hydrogen-bond acceptors (Lipinski definition) is 3. The Morgan fingerprint density at radius 1 is 1.15 bits per heavy atom. The van der Waals surface area contributed by atoms with Crippen molar-refractivity contribution in [2.75, 3.05) is 11.1 Å². The summed E-state index contributed by atoms with van der Waals surface area (Å²) in [6, 6.07) is 12.0. The number of nitrogens with two attached hydrogens (primary N) is 1. The van der Waals surface area contributed by atoms with Crippen LogP contribution in [0.25, 0.3) is 0 Å². The SMILES string of the molecule is N#Cc1cc(N)ccc1NC(=O)c1cc(Br)cc(Br)c1. The average molecular weight is 395 g/mol. The lowest BCUT2D eigenvalue weighted by Crippen LogP contribution is -2.13. The second-order valence-corrected chi connectivity index (χ2v) is 5.86. The molecule has 20 heavy (non-hydrogen) atoms. The second kappa shape index (κ2) is 6.07. The maximum absolute atomic E-state index is 12.2. The molecule has 100 valence electrons. The third-order valence-electron chi connectivity index (χ3n) is 2.54. The van der Waals surface area contributed by atoms with E-state index in [0.29, 0.717) is 22.5 Å². The molecule has 0 aliphatic rings. The Balaban J connectivity index is 2.30. The number of halogens is 2. The molecule has 0 radical (unpaired) electrons. The van der Waals surface area contributed by atoms with Crippen LogP contribution < -0.4 is 11.1 Å². The van der Waals surface area contributed by atoms with Crippen LogP contribution in [0.5, 0.6) is 0 Å². The number of nitrogen functional groups attached to an aromatic ring is 1. The van der Waals surface area contributed by atoms with Crippen LogP contribution in [0.3, 0.4) is 0 Å². The first-order chi connectivity index (χ1) is 9.49. The Bertz CT molecular complexity index is 703. The minimum Gasteiger partial charge on any atom is -0.399 e. The molecular weight excluding hydrogens is 386 g/mol. The molecule has 0 fully saturated rings. The van der Waals surface area contributed by atoms with Gasteiger partial charge in [-0.25, -0.2) is 0 Å². The Labute approximate surface area is 132 Å². The Morgan fingerprint density at radius 2 is 1.80 bits per heavy atom. The number of nitriles is 1. The quantitative estimate of drug-likeness (QED) is 0.757. The standard InChI is InChI=1S/C14H9Br2N3O/c15-10-3-8(4-11(16)6-10)14(20)19-13-2-1-12(18)5-9(13)7-17/h1-6H,18H2,(H,19,20). The zero-order valence-corrected chi connectivity index (χ0v) is 13.3. The number of hydrogen-bond donors (Lipinski definition) is 2. The molecule has 4 nitrogen and oxygen atoms in total. The van der Waals surface area contributed by atoms with Gasteiger partial charge in [0.1, 0.15) is 6.07 Å². The molecule has 0 saturated heterocycles. The van der Waals surface area contributed by atoms with Crippen LogP contribution in [-0.2, 0) is 0 Å². The highest BCUT2D eigenvalue weighted by Crippen LogP contribution is 2.22. The van der Waals surface area contributed by atoms with Crippen molar-refractivity contribution in [3.8, 4) is 6.07 Å². The van der Waals surface area contributed by atoms with E-state index < -0.39 is 0 Å². The van der Waals surface area contributed by atoms with Crippen molar-refractivity contribution in [2.24, 2.45) is 0 Å². The number of nitrogens with zero attached hydrogens (tertiary/aromatic N) is 1. The van der Waals surface area contributed by atoms with Crippen molar-refractivity contribution in [1.82, 2.24) is 0 Å². The van der Waals surface area contributed by atoms with E-state index in [4.69, 9.17) is 11.0 Å². The molecule has 2 rings (SSSR count). The predicted molar refractivity (Wildman–Crippen MR) is 85.4 cm³/mol. The summed E-state index contributed by atoms with van der Waals surface area (Å²) >= 11 is 6.65. The fourth-order valence-electron chi connectivity index (χ4n) is 1.64. The molecule has 3 N–H and O–H groups in total. The van der Waals surface area contributed by atoms with Gasteiger partial charge in [-0.05, 0) is 36.4 Å². The summed E-state index contributed by atoms with van der Waals surface area (Å²) in [6.45, 7) is 0. The Morgan fingerprint density at radius 3 is 2.40 bits per heavy atom. The molecule has 0 spiro atoms. The van der Waals surface area contributed by atoms with E-state index in [2.05, 4.69) is 37.2 Å². The largest absolute Gasteiger partial charge is 0.399 e. The fraction of sp³-hybridized carbons (Fsp3) is 0. The topological polar surface area (TPSA) is 78.9 Å². The number of carbonyl (C=O) groups is 1. The van der Waals surface area contributed by atoms with Crippen molar-refractivity contribution in [3.05, 3.63) is 56.5 Å². The molecule has 1 amide bonds. The normalized spacial score (nSPS) is 9.85. The summed E-state index contributed by atoms with van der Waals surface area (Å²) in [7, 11) is 0. The summed E-state index contributed by atoms with van der Waals surface area (Å²) in [5.41, 5.74) is 7.32. The number of nitrogens with one attached hydrogen (secondary N) is 1. The lowest BCUT2D eigenvalue weighted by molar-refractivity contribution is 0.102. The molecule has 2 aromatic carbocycles. The Kier molecular flexibility index (Phi) is 4.42. The lowest BCUT2D eigenvalue weighted by Gasteiger charge is -2.08. The zero-order valence-electron chi connectivity index (χ0n) is 10.2. The first-order valence-electron chi connectivity index (χ1n) is 5.56. The van der Waals surface area contributed by atoms with Crippen LogP contribution in [0, 0.1) is 11.3 Å². The van der Waals surface area contributed by atoms with Gasteiger partial charge in [0.15, 0.2) is 0 Å². The van der Waals surface area contributed by atoms with E-state index in [1.165, 1.54) is 6.07 Å². The third-order valence-corrected chi connectivity index (χ3v) is 3.45. The zero-order chi connectivity index (χ0) is 14.7. The molecule has 0 aliphatic carbocycles. The van der Waals surface area contributed by atoms with Crippen LogP contribution in [0.4, 0.5) is 11.4 Å². The maximum atomic E-state index is 12.2. The minimum absolute atomic E-state index is 0.298. The van der Waals surface area contributed by atoms with Crippen molar-refractivity contribution in [1.29, 1.82) is 5.26 Å². The average Bonchev–Trinajstić information content (AvgIpc) is 2.39. The summed E-state index contributed by atoms with van der Waals surface area (Å²) in [4.78, 5) is 12.2. The summed E-state index contributed by atoms with van der Waals surface area (Å²) in [5.74, 6) is -0.298. The van der Waals surface area contributed by atoms with Crippen LogP contribution in [-0.4, -0.2) is 5.91 Å². The molecule has 6 heteroatoms. The smallest absolute Gasteiger partial charge is 0.255 e. The van der Waals surface area contributed by atoms with Crippen LogP contribution >= 0.6 is 31.9 Å². The van der Waals surface area contributed by atoms with Gasteiger partial charge in [0.25, 0.3) is 5.91 Å². The Hall–Kier alpha value is -1.84. The van der Waals surface area contributed by atoms with E-state index in [1.54, 1.807) is 24.3 Å². The third kappa shape index (κ3) is 3.38. The monoisotopic (exact) mass is 393 g/mol. The van der Waals surface area contributed by atoms with E-state index >= 15 is 0 Å². The van der Waals surface area contributed by atoms with Gasteiger partial charge in [-0.1, -0.05) is 31.9 Å². The number of anilines is 2. The van der Waals surface area contributed by atoms with E-state index in [1.807, 2.05) is 12.1 Å². The molecule has 0 saturated carbocycles. The number of carbonyl (C=O) groups excluding carboxylic acids is 1. The number of benzene rings is 2. The van der Waals surface area contributed by atoms with Crippen molar-refractivity contribution in [2.45, 2.75) is 0 Å². The molecule has 0 aromatic heterocycles. The molecule has 0 atom stereocenters. The van der Waals surface area contributed by atoms with E-state index in [-0.39, 0.29) is 5.91 Å². The minimum atomic E-state index is -0.298. The molecule has 0 unspecified atom stereocenters. The van der Waals surface area contributed by atoms with Crippen molar-refractivity contribution < 1.29 is 4.79 Å². The maximum Gasteiger partial charge on any atom is 0.255 e. The van der Waals surface area contributed by atoms with E-state index in [0.717, 1.165) is 8.95 Å². The van der Waals surface area contributed by atoms with Gasteiger partial charge in [-0.2, -0.15) is 5.26 Å². The van der Waals surface area contributed by atoms with Crippen molar-refractivity contribution in [3.63, 3.8) is 0 Å². The molecule has 2 aromatic rings.